The maximum absolute atomic E-state index is 12.7. The molecule has 0 amide bonds. The molecule has 0 unspecified atom stereocenters. The van der Waals surface area contributed by atoms with Gasteiger partial charge in [0.25, 0.3) is 0 Å². The lowest BCUT2D eigenvalue weighted by Crippen LogP contribution is -2.19. The number of sulfonamides is 1. The van der Waals surface area contributed by atoms with Gasteiger partial charge < -0.3 is 10.6 Å². The first-order valence-electron chi connectivity index (χ1n) is 9.10. The molecule has 0 saturated carbocycles. The maximum atomic E-state index is 12.7. The van der Waals surface area contributed by atoms with Crippen LogP contribution in [0.15, 0.2) is 64.6 Å². The van der Waals surface area contributed by atoms with Gasteiger partial charge in [-0.05, 0) is 49.5 Å². The van der Waals surface area contributed by atoms with E-state index in [0.717, 1.165) is 42.9 Å². The Morgan fingerprint density at radius 2 is 1.45 bits per heavy atom. The zero-order valence-corrected chi connectivity index (χ0v) is 18.8. The molecular weight excluding hydrogens is 483 g/mol. The van der Waals surface area contributed by atoms with Crippen molar-refractivity contribution in [2.45, 2.75) is 16.0 Å². The quantitative estimate of drug-likeness (QED) is 0.450. The first-order valence-corrected chi connectivity index (χ1v) is 12.5. The SMILES string of the molecule is CNS(=O)(=O)c1ccc(S(C)(=O)=O)c(Nc2cc(Nc3ccc(C(F)(F)F)cc3)ncn2)c1. The van der Waals surface area contributed by atoms with E-state index in [-0.39, 0.29) is 27.1 Å². The van der Waals surface area contributed by atoms with Gasteiger partial charge in [0.1, 0.15) is 18.0 Å². The number of nitrogens with zero attached hydrogens (tertiary/aromatic N) is 2. The second-order valence-electron chi connectivity index (χ2n) is 6.75. The zero-order valence-electron chi connectivity index (χ0n) is 17.2. The number of anilines is 4. The highest BCUT2D eigenvalue weighted by molar-refractivity contribution is 7.91. The number of sulfone groups is 1. The largest absolute Gasteiger partial charge is 0.416 e. The fourth-order valence-electron chi connectivity index (χ4n) is 2.74. The molecule has 0 aliphatic carbocycles. The molecule has 3 N–H and O–H groups in total. The summed E-state index contributed by atoms with van der Waals surface area (Å²) in [6, 6.07) is 9.12. The number of hydrogen-bond acceptors (Lipinski definition) is 8. The number of nitrogens with one attached hydrogen (secondary N) is 3. The summed E-state index contributed by atoms with van der Waals surface area (Å²) in [4.78, 5) is 7.64. The molecule has 0 aliphatic rings. The Kier molecular flexibility index (Phi) is 6.63. The average molecular weight is 502 g/mol. The molecule has 14 heteroatoms. The highest BCUT2D eigenvalue weighted by Gasteiger charge is 2.30. The van der Waals surface area contributed by atoms with Gasteiger partial charge in [0.05, 0.1) is 21.0 Å². The van der Waals surface area contributed by atoms with Crippen molar-refractivity contribution in [3.8, 4) is 0 Å². The number of halogens is 3. The second kappa shape index (κ2) is 8.96. The minimum absolute atomic E-state index is 0.0343. The van der Waals surface area contributed by atoms with E-state index in [1.807, 2.05) is 0 Å². The van der Waals surface area contributed by atoms with Crippen LogP contribution in [0.5, 0.6) is 0 Å². The number of alkyl halides is 3. The van der Waals surface area contributed by atoms with Crippen LogP contribution in [0.25, 0.3) is 0 Å². The van der Waals surface area contributed by atoms with Crippen LogP contribution in [-0.2, 0) is 26.0 Å². The standard InChI is InChI=1S/C19H18F3N5O4S2/c1-23-33(30,31)14-7-8-16(32(2,28)29)15(9-14)27-18-10-17(24-11-25-18)26-13-5-3-12(4-6-13)19(20,21)22/h3-11,23H,1-2H3,(H2,24,25,26,27). The topological polar surface area (TPSA) is 130 Å². The summed E-state index contributed by atoms with van der Waals surface area (Å²) in [6.07, 6.45) is -2.35. The van der Waals surface area contributed by atoms with Gasteiger partial charge in [-0.1, -0.05) is 0 Å². The fraction of sp³-hybridized carbons (Fsp3) is 0.158. The van der Waals surface area contributed by atoms with E-state index in [1.165, 1.54) is 25.2 Å². The van der Waals surface area contributed by atoms with Crippen LogP contribution in [0.3, 0.4) is 0 Å². The molecule has 176 valence electrons. The van der Waals surface area contributed by atoms with Crippen molar-refractivity contribution in [2.75, 3.05) is 23.9 Å². The Labute approximate surface area is 188 Å². The van der Waals surface area contributed by atoms with Crippen molar-refractivity contribution in [3.05, 3.63) is 60.4 Å². The van der Waals surface area contributed by atoms with E-state index in [2.05, 4.69) is 25.3 Å². The summed E-state index contributed by atoms with van der Waals surface area (Å²) in [5.41, 5.74) is -0.512. The molecule has 3 rings (SSSR count). The Morgan fingerprint density at radius 3 is 2.00 bits per heavy atom. The Balaban J connectivity index is 1.92. The minimum atomic E-state index is -4.46. The second-order valence-corrected chi connectivity index (χ2v) is 10.6. The molecule has 3 aromatic rings. The lowest BCUT2D eigenvalue weighted by atomic mass is 10.2. The summed E-state index contributed by atoms with van der Waals surface area (Å²) in [5, 5.41) is 5.58. The maximum Gasteiger partial charge on any atom is 0.416 e. The van der Waals surface area contributed by atoms with Gasteiger partial charge in [-0.25, -0.2) is 31.5 Å². The molecule has 33 heavy (non-hydrogen) atoms. The Bertz CT molecular complexity index is 1380. The Morgan fingerprint density at radius 1 is 0.848 bits per heavy atom. The molecule has 0 spiro atoms. The van der Waals surface area contributed by atoms with Crippen LogP contribution in [-0.4, -0.2) is 40.1 Å². The number of rotatable bonds is 7. The van der Waals surface area contributed by atoms with Crippen LogP contribution in [0.4, 0.5) is 36.2 Å². The van der Waals surface area contributed by atoms with Crippen molar-refractivity contribution in [1.29, 1.82) is 0 Å². The van der Waals surface area contributed by atoms with Crippen molar-refractivity contribution in [2.24, 2.45) is 0 Å². The fourth-order valence-corrected chi connectivity index (χ4v) is 4.32. The predicted molar refractivity (Wildman–Crippen MR) is 116 cm³/mol. The van der Waals surface area contributed by atoms with E-state index in [9.17, 15) is 30.0 Å². The molecule has 0 bridgehead atoms. The number of hydrogen-bond donors (Lipinski definition) is 3. The molecule has 1 heterocycles. The Hall–Kier alpha value is -3.23. The molecule has 1 aromatic heterocycles. The highest BCUT2D eigenvalue weighted by Crippen LogP contribution is 2.31. The smallest absolute Gasteiger partial charge is 0.340 e. The van der Waals surface area contributed by atoms with Gasteiger partial charge >= 0.3 is 6.18 Å². The molecular formula is C19H18F3N5O4S2. The van der Waals surface area contributed by atoms with E-state index < -0.39 is 31.6 Å². The molecule has 0 atom stereocenters. The third-order valence-corrected chi connectivity index (χ3v) is 6.91. The van der Waals surface area contributed by atoms with Crippen LogP contribution < -0.4 is 15.4 Å². The van der Waals surface area contributed by atoms with Gasteiger partial charge in [-0.15, -0.1) is 0 Å². The molecule has 0 saturated heterocycles. The lowest BCUT2D eigenvalue weighted by molar-refractivity contribution is -0.137. The summed E-state index contributed by atoms with van der Waals surface area (Å²) >= 11 is 0. The van der Waals surface area contributed by atoms with E-state index in [4.69, 9.17) is 0 Å². The van der Waals surface area contributed by atoms with Crippen LogP contribution in [0.2, 0.25) is 0 Å². The average Bonchev–Trinajstić information content (AvgIpc) is 2.73. The summed E-state index contributed by atoms with van der Waals surface area (Å²) in [7, 11) is -6.36. The van der Waals surface area contributed by atoms with Gasteiger partial charge in [-0.2, -0.15) is 13.2 Å². The summed E-state index contributed by atoms with van der Waals surface area (Å²) < 4.78 is 88.8. The van der Waals surface area contributed by atoms with Gasteiger partial charge in [0.15, 0.2) is 9.84 Å². The first kappa shape index (κ1) is 24.4. The van der Waals surface area contributed by atoms with Crippen LogP contribution >= 0.6 is 0 Å². The van der Waals surface area contributed by atoms with E-state index in [1.54, 1.807) is 0 Å². The van der Waals surface area contributed by atoms with Crippen molar-refractivity contribution in [3.63, 3.8) is 0 Å². The summed E-state index contributed by atoms with van der Waals surface area (Å²) in [5.74, 6) is 0.315. The molecule has 9 nitrogen and oxygen atoms in total. The monoisotopic (exact) mass is 501 g/mol. The minimum Gasteiger partial charge on any atom is -0.340 e. The van der Waals surface area contributed by atoms with Gasteiger partial charge in [0, 0.05) is 18.0 Å². The van der Waals surface area contributed by atoms with Crippen LogP contribution in [0.1, 0.15) is 5.56 Å². The van der Waals surface area contributed by atoms with Crippen molar-refractivity contribution >= 4 is 42.9 Å². The summed E-state index contributed by atoms with van der Waals surface area (Å²) in [6.45, 7) is 0. The molecule has 0 aliphatic heterocycles. The first-order chi connectivity index (χ1) is 15.3. The van der Waals surface area contributed by atoms with Gasteiger partial charge in [0.2, 0.25) is 10.0 Å². The molecule has 0 fully saturated rings. The number of aromatic nitrogens is 2. The van der Waals surface area contributed by atoms with E-state index in [0.29, 0.717) is 5.69 Å². The lowest BCUT2D eigenvalue weighted by Gasteiger charge is -2.13. The third kappa shape index (κ3) is 5.97. The highest BCUT2D eigenvalue weighted by atomic mass is 32.2. The third-order valence-electron chi connectivity index (χ3n) is 4.34. The van der Waals surface area contributed by atoms with E-state index >= 15 is 0 Å². The molecule has 2 aromatic carbocycles. The molecule has 0 radical (unpaired) electrons. The zero-order chi connectivity index (χ0) is 24.4. The van der Waals surface area contributed by atoms with Crippen molar-refractivity contribution < 1.29 is 30.0 Å². The number of benzene rings is 2. The predicted octanol–water partition coefficient (Wildman–Crippen LogP) is 3.29. The van der Waals surface area contributed by atoms with Crippen LogP contribution in [0, 0.1) is 0 Å². The van der Waals surface area contributed by atoms with Crippen molar-refractivity contribution in [1.82, 2.24) is 14.7 Å². The van der Waals surface area contributed by atoms with Gasteiger partial charge in [-0.3, -0.25) is 0 Å². The normalized spacial score (nSPS) is 12.4.